The molecule has 2 heteroatoms. The second-order valence-corrected chi connectivity index (χ2v) is 4.07. The number of hydrogen-bond acceptors (Lipinski definition) is 2. The van der Waals surface area contributed by atoms with Gasteiger partial charge in [0.15, 0.2) is 0 Å². The molecular weight excluding hydrogens is 160 g/mol. The molecule has 0 saturated carbocycles. The Morgan fingerprint density at radius 3 is 2.92 bits per heavy atom. The van der Waals surface area contributed by atoms with Gasteiger partial charge in [-0.3, -0.25) is 5.01 Å². The Morgan fingerprint density at radius 2 is 2.23 bits per heavy atom. The third-order valence-corrected chi connectivity index (χ3v) is 2.82. The lowest BCUT2D eigenvalue weighted by molar-refractivity contribution is 0.281. The summed E-state index contributed by atoms with van der Waals surface area (Å²) in [6.07, 6.45) is 8.65. The predicted octanol–water partition coefficient (Wildman–Crippen LogP) is 2.05. The highest BCUT2D eigenvalue weighted by molar-refractivity contribution is 5.68. The van der Waals surface area contributed by atoms with Gasteiger partial charge in [0.25, 0.3) is 0 Å². The van der Waals surface area contributed by atoms with Gasteiger partial charge in [-0.1, -0.05) is 32.1 Å². The summed E-state index contributed by atoms with van der Waals surface area (Å²) in [6.45, 7) is 4.49. The van der Waals surface area contributed by atoms with Crippen LogP contribution in [0.2, 0.25) is 0 Å². The molecule has 0 N–H and O–H groups in total. The van der Waals surface area contributed by atoms with Crippen LogP contribution in [0.15, 0.2) is 28.9 Å². The van der Waals surface area contributed by atoms with Gasteiger partial charge >= 0.3 is 0 Å². The predicted molar refractivity (Wildman–Crippen MR) is 55.6 cm³/mol. The number of allylic oxidation sites excluding steroid dienone is 2. The maximum Gasteiger partial charge on any atom is 0.0795 e. The molecule has 0 spiro atoms. The van der Waals surface area contributed by atoms with Crippen LogP contribution in [0, 0.1) is 11.8 Å². The van der Waals surface area contributed by atoms with Crippen molar-refractivity contribution in [1.29, 1.82) is 0 Å². The normalized spacial score (nSPS) is 31.1. The third-order valence-electron chi connectivity index (χ3n) is 2.82. The van der Waals surface area contributed by atoms with Crippen LogP contribution in [0.1, 0.15) is 13.8 Å². The fourth-order valence-corrected chi connectivity index (χ4v) is 2.11. The summed E-state index contributed by atoms with van der Waals surface area (Å²) in [7, 11) is 2.05. The first-order valence-electron chi connectivity index (χ1n) is 4.85. The SMILES string of the molecule is CC(C)C1=CC=CC2C=NN(C)C12. The van der Waals surface area contributed by atoms with Crippen LogP contribution in [0.5, 0.6) is 0 Å². The van der Waals surface area contributed by atoms with Gasteiger partial charge in [0, 0.05) is 19.2 Å². The molecule has 2 unspecified atom stereocenters. The number of hydrogen-bond donors (Lipinski definition) is 0. The average molecular weight is 176 g/mol. The Labute approximate surface area is 79.6 Å². The van der Waals surface area contributed by atoms with Crippen molar-refractivity contribution in [3.63, 3.8) is 0 Å². The van der Waals surface area contributed by atoms with Gasteiger partial charge in [-0.15, -0.1) is 0 Å². The van der Waals surface area contributed by atoms with Crippen LogP contribution in [0.25, 0.3) is 0 Å². The van der Waals surface area contributed by atoms with Gasteiger partial charge in [0.2, 0.25) is 0 Å². The topological polar surface area (TPSA) is 15.6 Å². The maximum atomic E-state index is 4.33. The summed E-state index contributed by atoms with van der Waals surface area (Å²) in [5.74, 6) is 1.11. The highest BCUT2D eigenvalue weighted by Gasteiger charge is 2.32. The van der Waals surface area contributed by atoms with E-state index in [1.54, 1.807) is 0 Å². The smallest absolute Gasteiger partial charge is 0.0795 e. The molecule has 0 saturated heterocycles. The van der Waals surface area contributed by atoms with Crippen molar-refractivity contribution < 1.29 is 0 Å². The molecule has 0 aromatic rings. The van der Waals surface area contributed by atoms with Crippen molar-refractivity contribution in [2.24, 2.45) is 16.9 Å². The Balaban J connectivity index is 2.29. The molecule has 0 aromatic carbocycles. The highest BCUT2D eigenvalue weighted by Crippen LogP contribution is 2.31. The summed E-state index contributed by atoms with van der Waals surface area (Å²) in [5, 5.41) is 6.40. The van der Waals surface area contributed by atoms with E-state index in [0.717, 1.165) is 0 Å². The molecule has 0 aromatic heterocycles. The van der Waals surface area contributed by atoms with Crippen molar-refractivity contribution in [1.82, 2.24) is 5.01 Å². The van der Waals surface area contributed by atoms with Crippen molar-refractivity contribution in [2.45, 2.75) is 19.9 Å². The van der Waals surface area contributed by atoms with E-state index in [-0.39, 0.29) is 0 Å². The Morgan fingerprint density at radius 1 is 1.46 bits per heavy atom. The second kappa shape index (κ2) is 3.02. The minimum atomic E-state index is 0.477. The minimum Gasteiger partial charge on any atom is -0.292 e. The molecule has 13 heavy (non-hydrogen) atoms. The number of hydrazone groups is 1. The second-order valence-electron chi connectivity index (χ2n) is 4.07. The van der Waals surface area contributed by atoms with Gasteiger partial charge in [0.1, 0.15) is 0 Å². The van der Waals surface area contributed by atoms with E-state index in [1.165, 1.54) is 5.57 Å². The van der Waals surface area contributed by atoms with Gasteiger partial charge in [-0.25, -0.2) is 0 Å². The summed E-state index contributed by atoms with van der Waals surface area (Å²) in [6, 6.07) is 0.477. The number of nitrogens with zero attached hydrogens (tertiary/aromatic N) is 2. The van der Waals surface area contributed by atoms with E-state index in [1.807, 2.05) is 6.21 Å². The number of fused-ring (bicyclic) bond motifs is 1. The van der Waals surface area contributed by atoms with Gasteiger partial charge in [-0.2, -0.15) is 5.10 Å². The van der Waals surface area contributed by atoms with Gasteiger partial charge in [0.05, 0.1) is 6.04 Å². The Bertz CT molecular complexity index is 286. The number of rotatable bonds is 1. The lowest BCUT2D eigenvalue weighted by Crippen LogP contribution is -2.33. The fraction of sp³-hybridized carbons (Fsp3) is 0.545. The molecule has 0 bridgehead atoms. The summed E-state index contributed by atoms with van der Waals surface area (Å²) in [5.41, 5.74) is 1.49. The molecule has 1 aliphatic carbocycles. The van der Waals surface area contributed by atoms with Crippen molar-refractivity contribution in [3.8, 4) is 0 Å². The minimum absolute atomic E-state index is 0.477. The van der Waals surface area contributed by atoms with E-state index in [4.69, 9.17) is 0 Å². The Kier molecular flexibility index (Phi) is 1.98. The van der Waals surface area contributed by atoms with Crippen molar-refractivity contribution in [2.75, 3.05) is 7.05 Å². The first-order valence-corrected chi connectivity index (χ1v) is 4.85. The largest absolute Gasteiger partial charge is 0.292 e. The zero-order valence-electron chi connectivity index (χ0n) is 8.44. The molecule has 0 fully saturated rings. The third kappa shape index (κ3) is 1.30. The molecular formula is C11H16N2. The van der Waals surface area contributed by atoms with E-state index in [9.17, 15) is 0 Å². The van der Waals surface area contributed by atoms with E-state index in [2.05, 4.69) is 49.2 Å². The zero-order valence-corrected chi connectivity index (χ0v) is 8.44. The number of likely N-dealkylation sites (N-methyl/N-ethyl adjacent to an activating group) is 1. The summed E-state index contributed by atoms with van der Waals surface area (Å²) < 4.78 is 0. The van der Waals surface area contributed by atoms with E-state index >= 15 is 0 Å². The van der Waals surface area contributed by atoms with Crippen LogP contribution in [-0.4, -0.2) is 24.3 Å². The molecule has 2 rings (SSSR count). The zero-order chi connectivity index (χ0) is 9.42. The molecule has 70 valence electrons. The quantitative estimate of drug-likeness (QED) is 0.597. The molecule has 2 nitrogen and oxygen atoms in total. The van der Waals surface area contributed by atoms with E-state index < -0.39 is 0 Å². The van der Waals surface area contributed by atoms with Crippen LogP contribution in [0.3, 0.4) is 0 Å². The highest BCUT2D eigenvalue weighted by atomic mass is 15.5. The van der Waals surface area contributed by atoms with Crippen LogP contribution in [-0.2, 0) is 0 Å². The maximum absolute atomic E-state index is 4.33. The lowest BCUT2D eigenvalue weighted by atomic mass is 9.84. The molecule has 0 radical (unpaired) electrons. The standard InChI is InChI=1S/C11H16N2/c1-8(2)10-6-4-5-9-7-12-13(3)11(9)10/h4-9,11H,1-3H3. The molecule has 2 aliphatic rings. The molecule has 1 aliphatic heterocycles. The first-order chi connectivity index (χ1) is 6.20. The van der Waals surface area contributed by atoms with Gasteiger partial charge in [-0.05, 0) is 11.5 Å². The first kappa shape index (κ1) is 8.54. The lowest BCUT2D eigenvalue weighted by Gasteiger charge is -2.30. The molecule has 1 heterocycles. The van der Waals surface area contributed by atoms with Crippen LogP contribution in [0.4, 0.5) is 0 Å². The summed E-state index contributed by atoms with van der Waals surface area (Å²) in [4.78, 5) is 0. The molecule has 2 atom stereocenters. The fourth-order valence-electron chi connectivity index (χ4n) is 2.11. The Hall–Kier alpha value is -1.05. The van der Waals surface area contributed by atoms with Gasteiger partial charge < -0.3 is 0 Å². The van der Waals surface area contributed by atoms with E-state index in [0.29, 0.717) is 17.9 Å². The molecule has 0 amide bonds. The van der Waals surface area contributed by atoms with Crippen molar-refractivity contribution >= 4 is 6.21 Å². The average Bonchev–Trinajstić information content (AvgIpc) is 2.48. The van der Waals surface area contributed by atoms with Crippen LogP contribution < -0.4 is 0 Å². The van der Waals surface area contributed by atoms with Crippen LogP contribution >= 0.6 is 0 Å². The monoisotopic (exact) mass is 176 g/mol. The van der Waals surface area contributed by atoms with Crippen molar-refractivity contribution in [3.05, 3.63) is 23.8 Å². The summed E-state index contributed by atoms with van der Waals surface area (Å²) >= 11 is 0.